The maximum Gasteiger partial charge on any atom is 0.276 e. The fourth-order valence-corrected chi connectivity index (χ4v) is 4.97. The molecule has 3 aromatic rings. The Morgan fingerprint density at radius 2 is 1.76 bits per heavy atom. The predicted octanol–water partition coefficient (Wildman–Crippen LogP) is 3.00. The standard InChI is InChI=1S/C23H28N4O5S/c1-6-27(7-2)33(30,31)16-12-13-20(32-15(3)4)19(14-16)24-22(28)21-17-10-8-9-11-18(17)23(29)26(5)25-21/h8-15H,6-7H2,1-5H3,(H,24,28). The molecule has 0 unspecified atom stereocenters. The minimum atomic E-state index is -3.75. The Kier molecular flexibility index (Phi) is 7.19. The zero-order chi connectivity index (χ0) is 24.3. The zero-order valence-electron chi connectivity index (χ0n) is 19.3. The summed E-state index contributed by atoms with van der Waals surface area (Å²) in [5.74, 6) is -0.265. The number of fused-ring (bicyclic) bond motifs is 1. The lowest BCUT2D eigenvalue weighted by atomic mass is 10.1. The lowest BCUT2D eigenvalue weighted by Gasteiger charge is -2.20. The van der Waals surface area contributed by atoms with Crippen molar-refractivity contribution in [3.63, 3.8) is 0 Å². The van der Waals surface area contributed by atoms with Gasteiger partial charge >= 0.3 is 0 Å². The monoisotopic (exact) mass is 472 g/mol. The van der Waals surface area contributed by atoms with Crippen LogP contribution in [0.25, 0.3) is 10.8 Å². The molecular weight excluding hydrogens is 444 g/mol. The van der Waals surface area contributed by atoms with Gasteiger partial charge in [-0.3, -0.25) is 9.59 Å². The van der Waals surface area contributed by atoms with E-state index in [2.05, 4.69) is 10.4 Å². The number of nitrogens with one attached hydrogen (secondary N) is 1. The molecule has 1 N–H and O–H groups in total. The van der Waals surface area contributed by atoms with Gasteiger partial charge in [0.1, 0.15) is 5.75 Å². The van der Waals surface area contributed by atoms with Gasteiger partial charge in [-0.05, 0) is 38.1 Å². The Balaban J connectivity index is 2.10. The molecule has 0 spiro atoms. The van der Waals surface area contributed by atoms with Crippen molar-refractivity contribution in [1.29, 1.82) is 0 Å². The number of anilines is 1. The van der Waals surface area contributed by atoms with Crippen molar-refractivity contribution >= 4 is 32.4 Å². The zero-order valence-corrected chi connectivity index (χ0v) is 20.1. The number of benzene rings is 2. The number of ether oxygens (including phenoxy) is 1. The molecule has 2 aromatic carbocycles. The minimum Gasteiger partial charge on any atom is -0.489 e. The van der Waals surface area contributed by atoms with Crippen molar-refractivity contribution in [3.05, 3.63) is 58.5 Å². The van der Waals surface area contributed by atoms with E-state index in [4.69, 9.17) is 4.74 Å². The first-order chi connectivity index (χ1) is 15.6. The van der Waals surface area contributed by atoms with Crippen LogP contribution in [-0.2, 0) is 17.1 Å². The highest BCUT2D eigenvalue weighted by Gasteiger charge is 2.24. The number of carbonyl (C=O) groups excluding carboxylic acids is 1. The summed E-state index contributed by atoms with van der Waals surface area (Å²) in [5, 5.41) is 7.63. The summed E-state index contributed by atoms with van der Waals surface area (Å²) in [5.41, 5.74) is -0.0832. The highest BCUT2D eigenvalue weighted by atomic mass is 32.2. The van der Waals surface area contributed by atoms with Crippen molar-refractivity contribution in [2.45, 2.75) is 38.7 Å². The Morgan fingerprint density at radius 3 is 2.36 bits per heavy atom. The molecule has 1 amide bonds. The summed E-state index contributed by atoms with van der Waals surface area (Å²) < 4.78 is 34.3. The van der Waals surface area contributed by atoms with Crippen LogP contribution >= 0.6 is 0 Å². The number of hydrogen-bond acceptors (Lipinski definition) is 6. The topological polar surface area (TPSA) is 111 Å². The van der Waals surface area contributed by atoms with E-state index in [1.54, 1.807) is 38.1 Å². The van der Waals surface area contributed by atoms with Crippen LogP contribution in [0.3, 0.4) is 0 Å². The van der Waals surface area contributed by atoms with Crippen molar-refractivity contribution in [1.82, 2.24) is 14.1 Å². The number of carbonyl (C=O) groups is 1. The fourth-order valence-electron chi connectivity index (χ4n) is 3.49. The van der Waals surface area contributed by atoms with Crippen LogP contribution in [0.5, 0.6) is 5.75 Å². The molecule has 0 saturated heterocycles. The number of hydrogen-bond donors (Lipinski definition) is 1. The molecule has 0 fully saturated rings. The van der Waals surface area contributed by atoms with Gasteiger partial charge < -0.3 is 10.1 Å². The number of amides is 1. The second-order valence-electron chi connectivity index (χ2n) is 7.69. The van der Waals surface area contributed by atoms with E-state index in [1.807, 2.05) is 13.8 Å². The van der Waals surface area contributed by atoms with E-state index in [-0.39, 0.29) is 27.9 Å². The summed E-state index contributed by atoms with van der Waals surface area (Å²) in [6.45, 7) is 7.81. The van der Waals surface area contributed by atoms with Crippen LogP contribution < -0.4 is 15.6 Å². The summed E-state index contributed by atoms with van der Waals surface area (Å²) in [4.78, 5) is 25.7. The van der Waals surface area contributed by atoms with Crippen LogP contribution in [-0.4, -0.2) is 47.6 Å². The highest BCUT2D eigenvalue weighted by molar-refractivity contribution is 7.89. The average Bonchev–Trinajstić information content (AvgIpc) is 2.77. The first kappa shape index (κ1) is 24.4. The lowest BCUT2D eigenvalue weighted by molar-refractivity contribution is 0.102. The van der Waals surface area contributed by atoms with E-state index >= 15 is 0 Å². The molecule has 0 aliphatic carbocycles. The molecule has 0 aliphatic rings. The van der Waals surface area contributed by atoms with Crippen LogP contribution in [0, 0.1) is 0 Å². The molecule has 0 atom stereocenters. The number of rotatable bonds is 8. The van der Waals surface area contributed by atoms with Gasteiger partial charge in [-0.15, -0.1) is 0 Å². The molecule has 10 heteroatoms. The van der Waals surface area contributed by atoms with Crippen molar-refractivity contribution in [2.75, 3.05) is 18.4 Å². The van der Waals surface area contributed by atoms with Gasteiger partial charge in [0, 0.05) is 25.5 Å². The quantitative estimate of drug-likeness (QED) is 0.540. The first-order valence-electron chi connectivity index (χ1n) is 10.7. The number of sulfonamides is 1. The second-order valence-corrected chi connectivity index (χ2v) is 9.63. The molecule has 3 rings (SSSR count). The first-order valence-corrected chi connectivity index (χ1v) is 12.1. The number of aryl methyl sites for hydroxylation is 1. The van der Waals surface area contributed by atoms with E-state index in [0.717, 1.165) is 4.68 Å². The molecule has 9 nitrogen and oxygen atoms in total. The normalized spacial score (nSPS) is 11.8. The third kappa shape index (κ3) is 4.91. The summed E-state index contributed by atoms with van der Waals surface area (Å²) in [7, 11) is -2.28. The van der Waals surface area contributed by atoms with E-state index in [1.165, 1.54) is 29.6 Å². The van der Waals surface area contributed by atoms with Crippen LogP contribution in [0.1, 0.15) is 38.2 Å². The fraction of sp³-hybridized carbons (Fsp3) is 0.348. The maximum atomic E-state index is 13.2. The largest absolute Gasteiger partial charge is 0.489 e. The Labute approximate surface area is 193 Å². The third-order valence-electron chi connectivity index (χ3n) is 5.08. The molecule has 0 saturated carbocycles. The van der Waals surface area contributed by atoms with Crippen LogP contribution in [0.4, 0.5) is 5.69 Å². The Morgan fingerprint density at radius 1 is 1.12 bits per heavy atom. The SMILES string of the molecule is CCN(CC)S(=O)(=O)c1ccc(OC(C)C)c(NC(=O)c2nn(C)c(=O)c3ccccc23)c1. The minimum absolute atomic E-state index is 0.0379. The average molecular weight is 473 g/mol. The van der Waals surface area contributed by atoms with Crippen LogP contribution in [0.15, 0.2) is 52.2 Å². The predicted molar refractivity (Wildman–Crippen MR) is 127 cm³/mol. The van der Waals surface area contributed by atoms with Gasteiger partial charge in [-0.25, -0.2) is 13.1 Å². The second kappa shape index (κ2) is 9.72. The summed E-state index contributed by atoms with van der Waals surface area (Å²) in [6.07, 6.45) is -0.206. The van der Waals surface area contributed by atoms with Gasteiger partial charge in [0.15, 0.2) is 5.69 Å². The summed E-state index contributed by atoms with van der Waals surface area (Å²) in [6, 6.07) is 11.1. The van der Waals surface area contributed by atoms with Crippen molar-refractivity contribution < 1.29 is 17.9 Å². The van der Waals surface area contributed by atoms with E-state index in [0.29, 0.717) is 29.6 Å². The van der Waals surface area contributed by atoms with Gasteiger partial charge in [-0.2, -0.15) is 9.40 Å². The van der Waals surface area contributed by atoms with Gasteiger partial charge in [0.05, 0.1) is 22.1 Å². The molecule has 33 heavy (non-hydrogen) atoms. The van der Waals surface area contributed by atoms with E-state index < -0.39 is 15.9 Å². The van der Waals surface area contributed by atoms with E-state index in [9.17, 15) is 18.0 Å². The smallest absolute Gasteiger partial charge is 0.276 e. The number of aromatic nitrogens is 2. The Bertz CT molecular complexity index is 1340. The number of nitrogens with zero attached hydrogens (tertiary/aromatic N) is 3. The van der Waals surface area contributed by atoms with Gasteiger partial charge in [0.25, 0.3) is 11.5 Å². The van der Waals surface area contributed by atoms with Crippen LogP contribution in [0.2, 0.25) is 0 Å². The molecular formula is C23H28N4O5S. The molecule has 0 radical (unpaired) electrons. The molecule has 1 heterocycles. The molecule has 0 aliphatic heterocycles. The third-order valence-corrected chi connectivity index (χ3v) is 7.12. The van der Waals surface area contributed by atoms with Gasteiger partial charge in [-0.1, -0.05) is 32.0 Å². The van der Waals surface area contributed by atoms with Gasteiger partial charge in [0.2, 0.25) is 10.0 Å². The molecule has 1 aromatic heterocycles. The Hall–Kier alpha value is -3.24. The highest BCUT2D eigenvalue weighted by Crippen LogP contribution is 2.30. The lowest BCUT2D eigenvalue weighted by Crippen LogP contribution is -2.30. The molecule has 176 valence electrons. The molecule has 0 bridgehead atoms. The maximum absolute atomic E-state index is 13.2. The summed E-state index contributed by atoms with van der Waals surface area (Å²) >= 11 is 0. The van der Waals surface area contributed by atoms with Crippen molar-refractivity contribution in [3.8, 4) is 5.75 Å². The van der Waals surface area contributed by atoms with Crippen molar-refractivity contribution in [2.24, 2.45) is 7.05 Å².